The van der Waals surface area contributed by atoms with Gasteiger partial charge in [-0.25, -0.2) is 19.6 Å². The maximum atomic E-state index is 15.0. The molecule has 3 aromatic rings. The highest BCUT2D eigenvalue weighted by molar-refractivity contribution is 8.77. The van der Waals surface area contributed by atoms with Crippen LogP contribution in [0.15, 0.2) is 60.0 Å². The molecule has 0 unspecified atom stereocenters. The lowest BCUT2D eigenvalue weighted by Crippen LogP contribution is -2.55. The number of aromatic nitrogens is 2. The van der Waals surface area contributed by atoms with E-state index < -0.39 is 5.82 Å². The number of halogens is 1. The lowest BCUT2D eigenvalue weighted by atomic mass is 9.94. The van der Waals surface area contributed by atoms with E-state index in [-0.39, 0.29) is 59.1 Å². The van der Waals surface area contributed by atoms with Gasteiger partial charge in [0.25, 0.3) is 0 Å². The van der Waals surface area contributed by atoms with E-state index in [2.05, 4.69) is 36.0 Å². The third-order valence-corrected chi connectivity index (χ3v) is 15.8. The summed E-state index contributed by atoms with van der Waals surface area (Å²) in [5.74, 6) is 0.636. The third kappa shape index (κ3) is 14.0. The molecule has 4 heterocycles. The molecule has 1 saturated carbocycles. The van der Waals surface area contributed by atoms with Gasteiger partial charge < -0.3 is 30.0 Å². The zero-order valence-electron chi connectivity index (χ0n) is 38.2. The number of amides is 5. The average molecular weight is 944 g/mol. The van der Waals surface area contributed by atoms with Crippen LogP contribution < -0.4 is 20.8 Å². The molecule has 2 aromatic heterocycles. The summed E-state index contributed by atoms with van der Waals surface area (Å²) in [6.07, 6.45) is 10.1. The van der Waals surface area contributed by atoms with E-state index >= 15 is 4.39 Å². The number of urea groups is 1. The van der Waals surface area contributed by atoms with Crippen molar-refractivity contribution in [3.8, 4) is 5.88 Å². The molecule has 0 bridgehead atoms. The van der Waals surface area contributed by atoms with Crippen molar-refractivity contribution >= 4 is 62.5 Å². The zero-order valence-corrected chi connectivity index (χ0v) is 39.8. The second-order valence-electron chi connectivity index (χ2n) is 18.2. The molecule has 4 aliphatic rings. The number of fused-ring (bicyclic) bond motifs is 1. The van der Waals surface area contributed by atoms with Crippen LogP contribution in [0.2, 0.25) is 0 Å². The molecule has 15 nitrogen and oxygen atoms in total. The van der Waals surface area contributed by atoms with Gasteiger partial charge in [0.15, 0.2) is 0 Å². The monoisotopic (exact) mass is 943 g/mol. The number of likely N-dealkylation sites (tertiary alicyclic amines) is 1. The number of hydrazone groups is 1. The summed E-state index contributed by atoms with van der Waals surface area (Å²) in [5, 5.41) is 10.2. The first-order chi connectivity index (χ1) is 31.8. The van der Waals surface area contributed by atoms with Crippen molar-refractivity contribution in [2.45, 2.75) is 108 Å². The van der Waals surface area contributed by atoms with Gasteiger partial charge >= 0.3 is 6.03 Å². The fourth-order valence-corrected chi connectivity index (χ4v) is 11.3. The fourth-order valence-electron chi connectivity index (χ4n) is 8.77. The SMILES string of the molecule is CC(=O)CCCOc1ccc2c(n1)CCC/C2=N\NC(=O)CC(C)(C)SSCCC(=O)N1CCN(C2CCN(C(=O)NCc3ccc(NC(=O)[C@H]4C[C@@H]4c4cccnc4)cc3F)CC2)CC1. The quantitative estimate of drug-likeness (QED) is 0.0661. The van der Waals surface area contributed by atoms with Gasteiger partial charge in [0.2, 0.25) is 23.6 Å². The van der Waals surface area contributed by atoms with Gasteiger partial charge in [-0.2, -0.15) is 5.10 Å². The zero-order chi connectivity index (χ0) is 46.6. The van der Waals surface area contributed by atoms with E-state index in [1.165, 1.54) is 6.07 Å². The number of benzene rings is 1. The number of Topliss-reactive ketones (excluding diaryl/α,β-unsaturated/α-hetero) is 1. The Labute approximate surface area is 394 Å². The van der Waals surface area contributed by atoms with E-state index in [1.807, 2.05) is 43.0 Å². The van der Waals surface area contributed by atoms with Crippen LogP contribution in [-0.4, -0.2) is 122 Å². The highest BCUT2D eigenvalue weighted by Crippen LogP contribution is 2.47. The van der Waals surface area contributed by atoms with Crippen molar-refractivity contribution < 1.29 is 33.1 Å². The smallest absolute Gasteiger partial charge is 0.317 e. The highest BCUT2D eigenvalue weighted by atomic mass is 33.1. The number of ether oxygens (including phenoxy) is 1. The van der Waals surface area contributed by atoms with Gasteiger partial charge in [-0.1, -0.05) is 33.7 Å². The Morgan fingerprint density at radius 2 is 1.77 bits per heavy atom. The number of nitrogens with zero attached hydrogens (tertiary/aromatic N) is 6. The number of carbonyl (C=O) groups is 5. The minimum Gasteiger partial charge on any atom is -0.478 e. The molecule has 18 heteroatoms. The number of hydrogen-bond acceptors (Lipinski definition) is 12. The summed E-state index contributed by atoms with van der Waals surface area (Å²) in [6.45, 7) is 10.2. The topological polar surface area (TPSA) is 179 Å². The Bertz CT molecular complexity index is 2230. The van der Waals surface area contributed by atoms with Gasteiger partial charge in [-0.3, -0.25) is 24.3 Å². The number of anilines is 1. The van der Waals surface area contributed by atoms with E-state index in [9.17, 15) is 24.0 Å². The second-order valence-corrected chi connectivity index (χ2v) is 21.3. The maximum Gasteiger partial charge on any atom is 0.317 e. The lowest BCUT2D eigenvalue weighted by molar-refractivity contribution is -0.133. The molecule has 2 saturated heterocycles. The van der Waals surface area contributed by atoms with Gasteiger partial charge in [0.1, 0.15) is 11.6 Å². The number of ketones is 1. The molecule has 7 rings (SSSR count). The van der Waals surface area contributed by atoms with Crippen LogP contribution in [0.5, 0.6) is 5.88 Å². The molecule has 66 heavy (non-hydrogen) atoms. The molecule has 2 aliphatic carbocycles. The van der Waals surface area contributed by atoms with Crippen LogP contribution >= 0.6 is 21.6 Å². The molecule has 3 fully saturated rings. The summed E-state index contributed by atoms with van der Waals surface area (Å²) in [4.78, 5) is 78.0. The largest absolute Gasteiger partial charge is 0.478 e. The minimum absolute atomic E-state index is 0.0447. The van der Waals surface area contributed by atoms with Crippen molar-refractivity contribution in [3.05, 3.63) is 83.1 Å². The van der Waals surface area contributed by atoms with E-state index in [0.29, 0.717) is 81.0 Å². The Morgan fingerprint density at radius 1 is 0.970 bits per heavy atom. The number of hydrogen-bond donors (Lipinski definition) is 3. The van der Waals surface area contributed by atoms with E-state index in [1.54, 1.807) is 57.9 Å². The van der Waals surface area contributed by atoms with Gasteiger partial charge in [0, 0.05) is 123 Å². The Balaban J connectivity index is 0.740. The molecule has 3 N–H and O–H groups in total. The highest BCUT2D eigenvalue weighted by Gasteiger charge is 2.44. The number of nitrogens with one attached hydrogen (secondary N) is 3. The number of carbonyl (C=O) groups excluding carboxylic acids is 5. The molecular weight excluding hydrogens is 882 g/mol. The summed E-state index contributed by atoms with van der Waals surface area (Å²) in [6, 6.07) is 12.2. The second kappa shape index (κ2) is 23.1. The van der Waals surface area contributed by atoms with Crippen molar-refractivity contribution in [1.82, 2.24) is 35.4 Å². The normalized spacial score (nSPS) is 19.5. The van der Waals surface area contributed by atoms with Crippen molar-refractivity contribution in [2.24, 2.45) is 11.0 Å². The Kier molecular flexibility index (Phi) is 17.1. The van der Waals surface area contributed by atoms with Crippen LogP contribution in [0.1, 0.15) is 107 Å². The van der Waals surface area contributed by atoms with Crippen LogP contribution in [0.25, 0.3) is 0 Å². The van der Waals surface area contributed by atoms with Crippen LogP contribution in [0, 0.1) is 11.7 Å². The molecule has 2 atom stereocenters. The van der Waals surface area contributed by atoms with Gasteiger partial charge in [0.05, 0.1) is 18.0 Å². The number of aryl methyl sites for hydroxylation is 1. The number of pyridine rings is 2. The first-order valence-electron chi connectivity index (χ1n) is 23.1. The summed E-state index contributed by atoms with van der Waals surface area (Å²) >= 11 is 0. The molecule has 5 amide bonds. The standard InChI is InChI=1S/C48H62FN9O6S2/c1-32(59)7-6-25-64-44-14-13-37-41(53-44)9-4-10-42(37)54-55-43(60)29-48(2,3)66-65-26-17-45(61)57-23-21-56(22-24-57)36-15-19-58(20-16-36)47(63)51-31-34-11-12-35(27-40(34)49)52-46(62)39-28-38(39)33-8-5-18-50-30-33/h5,8,11-14,18,27,30,36,38-39H,4,6-7,9-10,15-17,19-26,28-29,31H2,1-3H3,(H,51,63)(H,52,62)(H,55,60)/b54-42+/t38-,39+/m1/s1. The first kappa shape index (κ1) is 48.9. The van der Waals surface area contributed by atoms with Crippen molar-refractivity contribution in [3.63, 3.8) is 0 Å². The van der Waals surface area contributed by atoms with Gasteiger partial charge in [-0.05, 0) is 101 Å². The predicted molar refractivity (Wildman–Crippen MR) is 256 cm³/mol. The summed E-state index contributed by atoms with van der Waals surface area (Å²) in [7, 11) is 3.22. The van der Waals surface area contributed by atoms with Crippen LogP contribution in [0.3, 0.4) is 0 Å². The Morgan fingerprint density at radius 3 is 2.52 bits per heavy atom. The molecule has 0 spiro atoms. The fraction of sp³-hybridized carbons (Fsp3) is 0.542. The maximum absolute atomic E-state index is 15.0. The molecule has 354 valence electrons. The molecule has 1 aromatic carbocycles. The van der Waals surface area contributed by atoms with Crippen molar-refractivity contribution in [2.75, 3.05) is 56.9 Å². The predicted octanol–water partition coefficient (Wildman–Crippen LogP) is 6.72. The van der Waals surface area contributed by atoms with E-state index in [4.69, 9.17) is 4.74 Å². The number of piperidine rings is 1. The van der Waals surface area contributed by atoms with Gasteiger partial charge in [-0.15, -0.1) is 0 Å². The average Bonchev–Trinajstić information content (AvgIpc) is 4.13. The van der Waals surface area contributed by atoms with Crippen LogP contribution in [0.4, 0.5) is 14.9 Å². The number of piperazine rings is 1. The molecule has 2 aliphatic heterocycles. The van der Waals surface area contributed by atoms with Crippen LogP contribution in [-0.2, 0) is 32.1 Å². The summed E-state index contributed by atoms with van der Waals surface area (Å²) in [5.41, 5.74) is 7.14. The molecule has 0 radical (unpaired) electrons. The van der Waals surface area contributed by atoms with E-state index in [0.717, 1.165) is 74.1 Å². The molecular formula is C48H62FN9O6S2. The third-order valence-electron chi connectivity index (χ3n) is 12.5. The van der Waals surface area contributed by atoms with Crippen molar-refractivity contribution in [1.29, 1.82) is 0 Å². The lowest BCUT2D eigenvalue weighted by Gasteiger charge is -2.42. The number of rotatable bonds is 19. The Hall–Kier alpha value is -5.07. The minimum atomic E-state index is -0.489. The first-order valence-corrected chi connectivity index (χ1v) is 25.5. The summed E-state index contributed by atoms with van der Waals surface area (Å²) < 4.78 is 20.4.